The second kappa shape index (κ2) is 8.04. The molecule has 1 N–H and O–H groups in total. The van der Waals surface area contributed by atoms with Crippen molar-refractivity contribution in [3.05, 3.63) is 46.5 Å². The zero-order chi connectivity index (χ0) is 16.1. The molecule has 0 amide bonds. The second-order valence-electron chi connectivity index (χ2n) is 6.12. The van der Waals surface area contributed by atoms with Crippen LogP contribution < -0.4 is 5.32 Å². The molecule has 0 aromatic carbocycles. The summed E-state index contributed by atoms with van der Waals surface area (Å²) >= 11 is 3.63. The lowest BCUT2D eigenvalue weighted by atomic mass is 10.1. The van der Waals surface area contributed by atoms with Crippen LogP contribution in [-0.4, -0.2) is 38.8 Å². The van der Waals surface area contributed by atoms with Crippen LogP contribution in [0.3, 0.4) is 0 Å². The number of hydrogen-bond acceptors (Lipinski definition) is 4. The van der Waals surface area contributed by atoms with E-state index in [2.05, 4.69) is 48.4 Å². The molecule has 0 spiro atoms. The molecule has 3 rings (SSSR count). The highest BCUT2D eigenvalue weighted by Crippen LogP contribution is 2.23. The molecule has 5 nitrogen and oxygen atoms in total. The highest BCUT2D eigenvalue weighted by Gasteiger charge is 2.22. The first-order chi connectivity index (χ1) is 11.2. The van der Waals surface area contributed by atoms with Crippen molar-refractivity contribution in [2.75, 3.05) is 13.1 Å². The number of halogens is 1. The van der Waals surface area contributed by atoms with Gasteiger partial charge in [0.15, 0.2) is 0 Å². The van der Waals surface area contributed by atoms with Gasteiger partial charge >= 0.3 is 0 Å². The summed E-state index contributed by atoms with van der Waals surface area (Å²) in [6, 6.07) is 6.73. The Morgan fingerprint density at radius 3 is 2.96 bits per heavy atom. The van der Waals surface area contributed by atoms with E-state index in [1.807, 2.05) is 30.2 Å². The van der Waals surface area contributed by atoms with Gasteiger partial charge in [-0.05, 0) is 60.4 Å². The fourth-order valence-electron chi connectivity index (χ4n) is 3.19. The Labute approximate surface area is 146 Å². The molecule has 1 aliphatic rings. The molecule has 1 unspecified atom stereocenters. The van der Waals surface area contributed by atoms with Crippen LogP contribution in [0.1, 0.15) is 30.7 Å². The number of aromatic nitrogens is 3. The Balaban J connectivity index is 1.80. The summed E-state index contributed by atoms with van der Waals surface area (Å²) in [4.78, 5) is 7.07. The third kappa shape index (κ3) is 4.40. The van der Waals surface area contributed by atoms with Crippen LogP contribution >= 0.6 is 15.9 Å². The first kappa shape index (κ1) is 16.6. The van der Waals surface area contributed by atoms with E-state index in [-0.39, 0.29) is 0 Å². The van der Waals surface area contributed by atoms with Crippen LogP contribution in [-0.2, 0) is 20.1 Å². The zero-order valence-electron chi connectivity index (χ0n) is 13.6. The maximum atomic E-state index is 4.52. The maximum Gasteiger partial charge on any atom is 0.0663 e. The van der Waals surface area contributed by atoms with Crippen LogP contribution in [0.4, 0.5) is 0 Å². The normalized spacial score (nSPS) is 19.0. The van der Waals surface area contributed by atoms with Gasteiger partial charge in [0.1, 0.15) is 0 Å². The van der Waals surface area contributed by atoms with E-state index in [0.717, 1.165) is 36.3 Å². The smallest absolute Gasteiger partial charge is 0.0663 e. The van der Waals surface area contributed by atoms with Gasteiger partial charge in [0, 0.05) is 32.4 Å². The van der Waals surface area contributed by atoms with Crippen LogP contribution in [0.2, 0.25) is 0 Å². The fourth-order valence-corrected chi connectivity index (χ4v) is 3.66. The minimum atomic E-state index is 0.578. The van der Waals surface area contributed by atoms with E-state index < -0.39 is 0 Å². The fraction of sp³-hybridized carbons (Fsp3) is 0.529. The number of hydrogen-bond donors (Lipinski definition) is 1. The summed E-state index contributed by atoms with van der Waals surface area (Å²) in [6.45, 7) is 3.99. The monoisotopic (exact) mass is 377 g/mol. The molecule has 23 heavy (non-hydrogen) atoms. The average Bonchev–Trinajstić information content (AvgIpc) is 2.79. The zero-order valence-corrected chi connectivity index (χ0v) is 15.2. The molecule has 124 valence electrons. The van der Waals surface area contributed by atoms with E-state index in [0.29, 0.717) is 6.04 Å². The topological polar surface area (TPSA) is 46.0 Å². The van der Waals surface area contributed by atoms with Gasteiger partial charge in [-0.25, -0.2) is 0 Å². The number of nitrogens with one attached hydrogen (secondary N) is 1. The van der Waals surface area contributed by atoms with E-state index >= 15 is 0 Å². The van der Waals surface area contributed by atoms with Crippen molar-refractivity contribution in [3.8, 4) is 0 Å². The molecule has 1 fully saturated rings. The number of nitrogens with zero attached hydrogens (tertiary/aromatic N) is 4. The minimum Gasteiger partial charge on any atom is -0.317 e. The van der Waals surface area contributed by atoms with Crippen molar-refractivity contribution < 1.29 is 0 Å². The quantitative estimate of drug-likeness (QED) is 0.869. The summed E-state index contributed by atoms with van der Waals surface area (Å²) in [6.07, 6.45) is 7.40. The summed E-state index contributed by atoms with van der Waals surface area (Å²) in [7, 11) is 2.01. The SMILES string of the molecule is Cn1ncc(Br)c1CN(Cc1ccccn1)C1CCCNCC1. The van der Waals surface area contributed by atoms with Crippen LogP contribution in [0.25, 0.3) is 0 Å². The largest absolute Gasteiger partial charge is 0.317 e. The number of rotatable bonds is 5. The Morgan fingerprint density at radius 1 is 1.30 bits per heavy atom. The lowest BCUT2D eigenvalue weighted by Gasteiger charge is -2.31. The maximum absolute atomic E-state index is 4.52. The van der Waals surface area contributed by atoms with Gasteiger partial charge in [0.05, 0.1) is 22.1 Å². The molecule has 1 atom stereocenters. The molecule has 0 aliphatic carbocycles. The average molecular weight is 378 g/mol. The highest BCUT2D eigenvalue weighted by atomic mass is 79.9. The molecule has 1 aliphatic heterocycles. The summed E-state index contributed by atoms with van der Waals surface area (Å²) in [5.74, 6) is 0. The Kier molecular flexibility index (Phi) is 5.80. The summed E-state index contributed by atoms with van der Waals surface area (Å²) < 4.78 is 3.04. The van der Waals surface area contributed by atoms with Crippen molar-refractivity contribution >= 4 is 15.9 Å². The Morgan fingerprint density at radius 2 is 2.22 bits per heavy atom. The van der Waals surface area contributed by atoms with Gasteiger partial charge in [-0.15, -0.1) is 0 Å². The first-order valence-corrected chi connectivity index (χ1v) is 9.04. The van der Waals surface area contributed by atoms with Gasteiger partial charge in [0.25, 0.3) is 0 Å². The standard InChI is InChI=1S/C17H24BrN5/c1-22-17(16(18)11-21-22)13-23(12-14-5-2-3-9-20-14)15-6-4-8-19-10-7-15/h2-3,5,9,11,15,19H,4,6-8,10,12-13H2,1H3. The Hall–Kier alpha value is -1.24. The predicted octanol–water partition coefficient (Wildman–Crippen LogP) is 2.72. The van der Waals surface area contributed by atoms with E-state index in [9.17, 15) is 0 Å². The van der Waals surface area contributed by atoms with E-state index in [1.54, 1.807) is 0 Å². The molecule has 2 aromatic rings. The molecule has 0 radical (unpaired) electrons. The molecule has 0 saturated carbocycles. The summed E-state index contributed by atoms with van der Waals surface area (Å²) in [5.41, 5.74) is 2.35. The molecular formula is C17H24BrN5. The lowest BCUT2D eigenvalue weighted by Crippen LogP contribution is -2.36. The van der Waals surface area contributed by atoms with Crippen LogP contribution in [0.15, 0.2) is 35.1 Å². The number of pyridine rings is 1. The van der Waals surface area contributed by atoms with E-state index in [1.165, 1.54) is 25.0 Å². The van der Waals surface area contributed by atoms with Gasteiger partial charge in [-0.2, -0.15) is 5.10 Å². The van der Waals surface area contributed by atoms with Gasteiger partial charge in [0.2, 0.25) is 0 Å². The van der Waals surface area contributed by atoms with Gasteiger partial charge < -0.3 is 5.32 Å². The minimum absolute atomic E-state index is 0.578. The third-order valence-electron chi connectivity index (χ3n) is 4.52. The highest BCUT2D eigenvalue weighted by molar-refractivity contribution is 9.10. The van der Waals surface area contributed by atoms with Crippen LogP contribution in [0, 0.1) is 0 Å². The second-order valence-corrected chi connectivity index (χ2v) is 6.98. The van der Waals surface area contributed by atoms with Gasteiger partial charge in [-0.1, -0.05) is 6.07 Å². The van der Waals surface area contributed by atoms with Gasteiger partial charge in [-0.3, -0.25) is 14.6 Å². The molecule has 3 heterocycles. The first-order valence-electron chi connectivity index (χ1n) is 8.25. The lowest BCUT2D eigenvalue weighted by molar-refractivity contribution is 0.158. The van der Waals surface area contributed by atoms with Crippen molar-refractivity contribution in [2.45, 2.75) is 38.4 Å². The summed E-state index contributed by atoms with van der Waals surface area (Å²) in [5, 5.41) is 7.86. The third-order valence-corrected chi connectivity index (χ3v) is 5.18. The molecular weight excluding hydrogens is 354 g/mol. The molecule has 0 bridgehead atoms. The van der Waals surface area contributed by atoms with E-state index in [4.69, 9.17) is 0 Å². The number of aryl methyl sites for hydroxylation is 1. The molecule has 2 aromatic heterocycles. The Bertz CT molecular complexity index is 585. The van der Waals surface area contributed by atoms with Crippen molar-refractivity contribution in [1.82, 2.24) is 25.0 Å². The molecule has 6 heteroatoms. The van der Waals surface area contributed by atoms with Crippen molar-refractivity contribution in [3.63, 3.8) is 0 Å². The van der Waals surface area contributed by atoms with Crippen molar-refractivity contribution in [2.24, 2.45) is 7.05 Å². The predicted molar refractivity (Wildman–Crippen MR) is 94.9 cm³/mol. The molecule has 1 saturated heterocycles. The van der Waals surface area contributed by atoms with Crippen LogP contribution in [0.5, 0.6) is 0 Å². The van der Waals surface area contributed by atoms with Crippen molar-refractivity contribution in [1.29, 1.82) is 0 Å².